The zero-order valence-corrected chi connectivity index (χ0v) is 12.9. The predicted octanol–water partition coefficient (Wildman–Crippen LogP) is 3.62. The monoisotopic (exact) mass is 301 g/mol. The molecule has 2 aromatic rings. The maximum absolute atomic E-state index is 13.8. The van der Waals surface area contributed by atoms with Crippen molar-refractivity contribution in [3.63, 3.8) is 0 Å². The molecule has 0 saturated heterocycles. The topological polar surface area (TPSA) is 30.5 Å². The molecule has 0 spiro atoms. The maximum Gasteiger partial charge on any atom is 0.165 e. The van der Waals surface area contributed by atoms with Crippen molar-refractivity contribution in [3.8, 4) is 11.5 Å². The van der Waals surface area contributed by atoms with E-state index >= 15 is 0 Å². The van der Waals surface area contributed by atoms with Gasteiger partial charge in [-0.05, 0) is 41.8 Å². The third-order valence-corrected chi connectivity index (χ3v) is 4.04. The highest BCUT2D eigenvalue weighted by Gasteiger charge is 2.13. The number of hydrogen-bond donors (Lipinski definition) is 1. The van der Waals surface area contributed by atoms with E-state index in [1.165, 1.54) is 24.3 Å². The number of fused-ring (bicyclic) bond motifs is 1. The number of rotatable bonds is 5. The molecular formula is C18H20FNO2. The van der Waals surface area contributed by atoms with E-state index in [4.69, 9.17) is 9.47 Å². The van der Waals surface area contributed by atoms with Gasteiger partial charge in [0.15, 0.2) is 11.6 Å². The van der Waals surface area contributed by atoms with E-state index in [1.54, 1.807) is 6.07 Å². The summed E-state index contributed by atoms with van der Waals surface area (Å²) in [5, 5.41) is 3.42. The average Bonchev–Trinajstić information content (AvgIpc) is 3.00. The first-order valence-electron chi connectivity index (χ1n) is 7.49. The third-order valence-electron chi connectivity index (χ3n) is 4.04. The molecule has 1 heterocycles. The van der Waals surface area contributed by atoms with E-state index in [0.29, 0.717) is 0 Å². The van der Waals surface area contributed by atoms with E-state index in [2.05, 4.69) is 17.4 Å². The molecule has 3 nitrogen and oxygen atoms in total. The summed E-state index contributed by atoms with van der Waals surface area (Å²) in [6.45, 7) is 3.54. The van der Waals surface area contributed by atoms with Crippen LogP contribution in [0.4, 0.5) is 4.39 Å². The molecule has 0 saturated carbocycles. The highest BCUT2D eigenvalue weighted by Crippen LogP contribution is 2.26. The number of benzene rings is 2. The molecule has 2 aromatic carbocycles. The Labute approximate surface area is 130 Å². The van der Waals surface area contributed by atoms with Gasteiger partial charge in [0.1, 0.15) is 5.75 Å². The molecule has 116 valence electrons. The van der Waals surface area contributed by atoms with Gasteiger partial charge in [0.25, 0.3) is 0 Å². The van der Waals surface area contributed by atoms with Gasteiger partial charge in [0.05, 0.1) is 13.7 Å². The summed E-state index contributed by atoms with van der Waals surface area (Å²) >= 11 is 0. The molecular weight excluding hydrogens is 281 g/mol. The minimum Gasteiger partial charge on any atom is -0.494 e. The normalized spacial score (nSPS) is 14.3. The Morgan fingerprint density at radius 1 is 1.27 bits per heavy atom. The summed E-state index contributed by atoms with van der Waals surface area (Å²) in [4.78, 5) is 0. The summed E-state index contributed by atoms with van der Waals surface area (Å²) in [5.41, 5.74) is 3.38. The van der Waals surface area contributed by atoms with Gasteiger partial charge >= 0.3 is 0 Å². The minimum absolute atomic E-state index is 0.0601. The van der Waals surface area contributed by atoms with Crippen molar-refractivity contribution in [1.29, 1.82) is 0 Å². The van der Waals surface area contributed by atoms with Crippen molar-refractivity contribution in [1.82, 2.24) is 5.32 Å². The van der Waals surface area contributed by atoms with Gasteiger partial charge in [0, 0.05) is 19.0 Å². The lowest BCUT2D eigenvalue weighted by Gasteiger charge is -2.15. The molecule has 4 heteroatoms. The van der Waals surface area contributed by atoms with Gasteiger partial charge in [-0.2, -0.15) is 0 Å². The van der Waals surface area contributed by atoms with Crippen molar-refractivity contribution < 1.29 is 13.9 Å². The van der Waals surface area contributed by atoms with Gasteiger partial charge in [-0.3, -0.25) is 0 Å². The van der Waals surface area contributed by atoms with E-state index < -0.39 is 0 Å². The van der Waals surface area contributed by atoms with Crippen molar-refractivity contribution in [2.24, 2.45) is 0 Å². The number of methoxy groups -OCH3 is 1. The summed E-state index contributed by atoms with van der Waals surface area (Å²) in [5.74, 6) is 0.937. The summed E-state index contributed by atoms with van der Waals surface area (Å²) in [6.07, 6.45) is 0.975. The van der Waals surface area contributed by atoms with Crippen molar-refractivity contribution in [3.05, 3.63) is 58.9 Å². The first-order valence-corrected chi connectivity index (χ1v) is 7.49. The van der Waals surface area contributed by atoms with E-state index in [-0.39, 0.29) is 17.6 Å². The smallest absolute Gasteiger partial charge is 0.165 e. The van der Waals surface area contributed by atoms with Crippen LogP contribution < -0.4 is 14.8 Å². The van der Waals surface area contributed by atoms with Crippen LogP contribution >= 0.6 is 0 Å². The fraction of sp³-hybridized carbons (Fsp3) is 0.333. The van der Waals surface area contributed by atoms with Crippen molar-refractivity contribution >= 4 is 0 Å². The fourth-order valence-corrected chi connectivity index (χ4v) is 2.69. The summed E-state index contributed by atoms with van der Waals surface area (Å²) in [7, 11) is 1.47. The Morgan fingerprint density at radius 3 is 2.91 bits per heavy atom. The Balaban J connectivity index is 1.64. The second-order valence-corrected chi connectivity index (χ2v) is 5.54. The molecule has 1 aliphatic heterocycles. The molecule has 0 aliphatic carbocycles. The zero-order chi connectivity index (χ0) is 15.5. The molecule has 22 heavy (non-hydrogen) atoms. The molecule has 0 aromatic heterocycles. The van der Waals surface area contributed by atoms with Crippen LogP contribution in [0.1, 0.15) is 29.7 Å². The number of nitrogens with one attached hydrogen (secondary N) is 1. The number of ether oxygens (including phenoxy) is 2. The highest BCUT2D eigenvalue weighted by molar-refractivity contribution is 5.40. The van der Waals surface area contributed by atoms with Gasteiger partial charge in [-0.25, -0.2) is 4.39 Å². The minimum atomic E-state index is -0.330. The standard InChI is InChI=1S/C18H20FNO2/c1-12(14-4-6-18(21-2)16(19)10-14)20-11-13-3-5-17-15(9-13)7-8-22-17/h3-6,9-10,12,20H,7-8,11H2,1-2H3. The van der Waals surface area contributed by atoms with Crippen LogP contribution in [0.2, 0.25) is 0 Å². The zero-order valence-electron chi connectivity index (χ0n) is 12.9. The molecule has 1 aliphatic rings. The van der Waals surface area contributed by atoms with Crippen LogP contribution in [-0.2, 0) is 13.0 Å². The van der Waals surface area contributed by atoms with Crippen molar-refractivity contribution in [2.45, 2.75) is 25.9 Å². The van der Waals surface area contributed by atoms with Gasteiger partial charge < -0.3 is 14.8 Å². The second-order valence-electron chi connectivity index (χ2n) is 5.54. The quantitative estimate of drug-likeness (QED) is 0.915. The molecule has 1 N–H and O–H groups in total. The molecule has 0 radical (unpaired) electrons. The largest absolute Gasteiger partial charge is 0.494 e. The highest BCUT2D eigenvalue weighted by atomic mass is 19.1. The SMILES string of the molecule is COc1ccc(C(C)NCc2ccc3c(c2)CCO3)cc1F. The van der Waals surface area contributed by atoms with Crippen LogP contribution in [0.5, 0.6) is 11.5 Å². The molecule has 0 amide bonds. The Morgan fingerprint density at radius 2 is 2.14 bits per heavy atom. The van der Waals surface area contributed by atoms with E-state index in [9.17, 15) is 4.39 Å². The van der Waals surface area contributed by atoms with Crippen LogP contribution in [0.3, 0.4) is 0 Å². The predicted molar refractivity (Wildman–Crippen MR) is 83.8 cm³/mol. The lowest BCUT2D eigenvalue weighted by molar-refractivity contribution is 0.357. The Kier molecular flexibility index (Phi) is 4.29. The van der Waals surface area contributed by atoms with E-state index in [0.717, 1.165) is 30.9 Å². The van der Waals surface area contributed by atoms with E-state index in [1.807, 2.05) is 19.1 Å². The molecule has 0 fully saturated rings. The van der Waals surface area contributed by atoms with Crippen molar-refractivity contribution in [2.75, 3.05) is 13.7 Å². The maximum atomic E-state index is 13.8. The van der Waals surface area contributed by atoms with Gasteiger partial charge in [-0.15, -0.1) is 0 Å². The summed E-state index contributed by atoms with van der Waals surface area (Å²) in [6, 6.07) is 11.4. The molecule has 3 rings (SSSR count). The van der Waals surface area contributed by atoms with Gasteiger partial charge in [0.2, 0.25) is 0 Å². The lowest BCUT2D eigenvalue weighted by atomic mass is 10.1. The second kappa shape index (κ2) is 6.36. The Hall–Kier alpha value is -2.07. The molecule has 1 atom stereocenters. The molecule has 0 bridgehead atoms. The number of halogens is 1. The van der Waals surface area contributed by atoms with Crippen LogP contribution in [0.15, 0.2) is 36.4 Å². The third kappa shape index (κ3) is 3.07. The first kappa shape index (κ1) is 14.9. The Bertz CT molecular complexity index is 672. The van der Waals surface area contributed by atoms with Gasteiger partial charge in [-0.1, -0.05) is 18.2 Å². The summed E-state index contributed by atoms with van der Waals surface area (Å²) < 4.78 is 24.2. The fourth-order valence-electron chi connectivity index (χ4n) is 2.69. The number of hydrogen-bond acceptors (Lipinski definition) is 3. The van der Waals surface area contributed by atoms with Crippen LogP contribution in [0.25, 0.3) is 0 Å². The molecule has 1 unspecified atom stereocenters. The first-order chi connectivity index (χ1) is 10.7. The van der Waals surface area contributed by atoms with Crippen LogP contribution in [0, 0.1) is 5.82 Å². The van der Waals surface area contributed by atoms with Crippen LogP contribution in [-0.4, -0.2) is 13.7 Å². The lowest BCUT2D eigenvalue weighted by Crippen LogP contribution is -2.18. The average molecular weight is 301 g/mol.